The minimum absolute atomic E-state index is 0.897. The Balaban J connectivity index is 1.74. The maximum atomic E-state index is 3.60. The van der Waals surface area contributed by atoms with E-state index < -0.39 is 0 Å². The Morgan fingerprint density at radius 3 is 2.53 bits per heavy atom. The first-order valence-corrected chi connectivity index (χ1v) is 7.67. The van der Waals surface area contributed by atoms with Gasteiger partial charge in [-0.25, -0.2) is 0 Å². The van der Waals surface area contributed by atoms with Gasteiger partial charge < -0.3 is 5.32 Å². The summed E-state index contributed by atoms with van der Waals surface area (Å²) in [6.45, 7) is 12.2. The highest BCUT2D eigenvalue weighted by Gasteiger charge is 2.37. The van der Waals surface area contributed by atoms with Crippen LogP contribution in [-0.4, -0.2) is 37.1 Å². The molecule has 17 heavy (non-hydrogen) atoms. The quantitative estimate of drug-likeness (QED) is 0.741. The third-order valence-corrected chi connectivity index (χ3v) is 5.05. The van der Waals surface area contributed by atoms with Crippen molar-refractivity contribution in [3.63, 3.8) is 0 Å². The van der Waals surface area contributed by atoms with E-state index in [1.807, 2.05) is 0 Å². The molecule has 1 aliphatic heterocycles. The molecule has 1 heterocycles. The second kappa shape index (κ2) is 6.19. The predicted octanol–water partition coefficient (Wildman–Crippen LogP) is 2.74. The summed E-state index contributed by atoms with van der Waals surface area (Å²) in [4.78, 5) is 2.78. The van der Waals surface area contributed by atoms with Crippen molar-refractivity contribution in [3.05, 3.63) is 0 Å². The molecule has 2 nitrogen and oxygen atoms in total. The lowest BCUT2D eigenvalue weighted by atomic mass is 9.76. The van der Waals surface area contributed by atoms with Crippen molar-refractivity contribution in [2.75, 3.05) is 26.2 Å². The standard InChI is InChI=1S/C15H30N2/c1-4-8-16-10-14-5-6-15(14)17-9-7-12(2)13(3)11-17/h12-16H,4-11H2,1-3H3. The Morgan fingerprint density at radius 1 is 1.12 bits per heavy atom. The van der Waals surface area contributed by atoms with Crippen molar-refractivity contribution in [3.8, 4) is 0 Å². The van der Waals surface area contributed by atoms with Crippen molar-refractivity contribution in [2.24, 2.45) is 17.8 Å². The van der Waals surface area contributed by atoms with E-state index in [0.29, 0.717) is 0 Å². The van der Waals surface area contributed by atoms with Gasteiger partial charge in [0.25, 0.3) is 0 Å². The summed E-state index contributed by atoms with van der Waals surface area (Å²) in [6, 6.07) is 0.898. The Hall–Kier alpha value is -0.0800. The molecule has 4 unspecified atom stereocenters. The van der Waals surface area contributed by atoms with Crippen LogP contribution in [0.25, 0.3) is 0 Å². The second-order valence-electron chi connectivity index (χ2n) is 6.35. The zero-order valence-electron chi connectivity index (χ0n) is 11.9. The van der Waals surface area contributed by atoms with Crippen LogP contribution in [0.3, 0.4) is 0 Å². The number of likely N-dealkylation sites (tertiary alicyclic amines) is 1. The molecule has 1 N–H and O–H groups in total. The minimum Gasteiger partial charge on any atom is -0.316 e. The molecule has 2 fully saturated rings. The highest BCUT2D eigenvalue weighted by Crippen LogP contribution is 2.35. The fourth-order valence-corrected chi connectivity index (χ4v) is 3.33. The van der Waals surface area contributed by atoms with Gasteiger partial charge in [0.1, 0.15) is 0 Å². The van der Waals surface area contributed by atoms with Crippen LogP contribution in [0.4, 0.5) is 0 Å². The van der Waals surface area contributed by atoms with Crippen LogP contribution in [0, 0.1) is 17.8 Å². The molecule has 2 rings (SSSR count). The average molecular weight is 238 g/mol. The van der Waals surface area contributed by atoms with Gasteiger partial charge in [0.15, 0.2) is 0 Å². The van der Waals surface area contributed by atoms with Gasteiger partial charge in [-0.05, 0) is 63.1 Å². The van der Waals surface area contributed by atoms with Crippen LogP contribution >= 0.6 is 0 Å². The Kier molecular flexibility index (Phi) is 4.87. The number of nitrogens with zero attached hydrogens (tertiary/aromatic N) is 1. The normalized spacial score (nSPS) is 39.0. The van der Waals surface area contributed by atoms with Crippen LogP contribution in [0.5, 0.6) is 0 Å². The third-order valence-electron chi connectivity index (χ3n) is 5.05. The fourth-order valence-electron chi connectivity index (χ4n) is 3.33. The van der Waals surface area contributed by atoms with E-state index in [2.05, 4.69) is 31.0 Å². The first-order valence-electron chi connectivity index (χ1n) is 7.67. The summed E-state index contributed by atoms with van der Waals surface area (Å²) in [5.74, 6) is 2.76. The third kappa shape index (κ3) is 3.23. The summed E-state index contributed by atoms with van der Waals surface area (Å²) in [6.07, 6.45) is 5.56. The molecule has 2 aliphatic rings. The first-order chi connectivity index (χ1) is 8.22. The van der Waals surface area contributed by atoms with Crippen molar-refractivity contribution < 1.29 is 0 Å². The summed E-state index contributed by atoms with van der Waals surface area (Å²) in [7, 11) is 0. The van der Waals surface area contributed by atoms with Crippen LogP contribution in [0.1, 0.15) is 46.5 Å². The minimum atomic E-state index is 0.897. The molecule has 0 amide bonds. The Morgan fingerprint density at radius 2 is 1.94 bits per heavy atom. The predicted molar refractivity (Wildman–Crippen MR) is 74.2 cm³/mol. The molecular weight excluding hydrogens is 208 g/mol. The van der Waals surface area contributed by atoms with Gasteiger partial charge in [0, 0.05) is 12.6 Å². The Labute approximate surface area is 107 Å². The van der Waals surface area contributed by atoms with Crippen LogP contribution in [-0.2, 0) is 0 Å². The monoisotopic (exact) mass is 238 g/mol. The van der Waals surface area contributed by atoms with Crippen LogP contribution in [0.15, 0.2) is 0 Å². The lowest BCUT2D eigenvalue weighted by Crippen LogP contribution is -2.54. The SMILES string of the molecule is CCCNCC1CCC1N1CCC(C)C(C)C1. The van der Waals surface area contributed by atoms with Crippen molar-refractivity contribution in [1.82, 2.24) is 10.2 Å². The van der Waals surface area contributed by atoms with E-state index in [0.717, 1.165) is 23.8 Å². The van der Waals surface area contributed by atoms with Crippen molar-refractivity contribution >= 4 is 0 Å². The summed E-state index contributed by atoms with van der Waals surface area (Å²) in [5.41, 5.74) is 0. The number of rotatable bonds is 5. The van der Waals surface area contributed by atoms with E-state index >= 15 is 0 Å². The van der Waals surface area contributed by atoms with Gasteiger partial charge >= 0.3 is 0 Å². The van der Waals surface area contributed by atoms with Crippen LogP contribution in [0.2, 0.25) is 0 Å². The largest absolute Gasteiger partial charge is 0.316 e. The van der Waals surface area contributed by atoms with Gasteiger partial charge in [0.05, 0.1) is 0 Å². The molecule has 0 aromatic rings. The molecule has 0 aromatic carbocycles. The lowest BCUT2D eigenvalue weighted by Gasteiger charge is -2.48. The molecule has 1 saturated heterocycles. The maximum Gasteiger partial charge on any atom is 0.0136 e. The van der Waals surface area contributed by atoms with E-state index in [1.165, 1.54) is 51.9 Å². The number of nitrogens with one attached hydrogen (secondary N) is 1. The summed E-state index contributed by atoms with van der Waals surface area (Å²) >= 11 is 0. The topological polar surface area (TPSA) is 15.3 Å². The summed E-state index contributed by atoms with van der Waals surface area (Å²) < 4.78 is 0. The van der Waals surface area contributed by atoms with Gasteiger partial charge in [-0.15, -0.1) is 0 Å². The molecule has 2 heteroatoms. The van der Waals surface area contributed by atoms with E-state index in [4.69, 9.17) is 0 Å². The average Bonchev–Trinajstić information content (AvgIpc) is 2.28. The van der Waals surface area contributed by atoms with Gasteiger partial charge in [-0.2, -0.15) is 0 Å². The molecule has 1 saturated carbocycles. The summed E-state index contributed by atoms with van der Waals surface area (Å²) in [5, 5.41) is 3.60. The lowest BCUT2D eigenvalue weighted by molar-refractivity contribution is 0.0161. The molecule has 4 atom stereocenters. The molecule has 1 aliphatic carbocycles. The van der Waals surface area contributed by atoms with E-state index in [-0.39, 0.29) is 0 Å². The highest BCUT2D eigenvalue weighted by molar-refractivity contribution is 4.92. The molecule has 0 radical (unpaired) electrons. The molecule has 0 aromatic heterocycles. The second-order valence-corrected chi connectivity index (χ2v) is 6.35. The number of piperidine rings is 1. The zero-order valence-corrected chi connectivity index (χ0v) is 11.9. The Bertz CT molecular complexity index is 229. The number of hydrogen-bond acceptors (Lipinski definition) is 2. The highest BCUT2D eigenvalue weighted by atomic mass is 15.2. The molecule has 0 spiro atoms. The van der Waals surface area contributed by atoms with Crippen molar-refractivity contribution in [2.45, 2.75) is 52.5 Å². The van der Waals surface area contributed by atoms with Gasteiger partial charge in [-0.1, -0.05) is 20.8 Å². The zero-order chi connectivity index (χ0) is 12.3. The van der Waals surface area contributed by atoms with Gasteiger partial charge in [-0.3, -0.25) is 4.90 Å². The smallest absolute Gasteiger partial charge is 0.0136 e. The van der Waals surface area contributed by atoms with Crippen LogP contribution < -0.4 is 5.32 Å². The first kappa shape index (κ1) is 13.4. The fraction of sp³-hybridized carbons (Fsp3) is 1.00. The van der Waals surface area contributed by atoms with E-state index in [1.54, 1.807) is 0 Å². The molecule has 0 bridgehead atoms. The number of hydrogen-bond donors (Lipinski definition) is 1. The van der Waals surface area contributed by atoms with E-state index in [9.17, 15) is 0 Å². The van der Waals surface area contributed by atoms with Gasteiger partial charge in [0.2, 0.25) is 0 Å². The molecule has 100 valence electrons. The maximum absolute atomic E-state index is 3.60. The van der Waals surface area contributed by atoms with Crippen molar-refractivity contribution in [1.29, 1.82) is 0 Å². The molecular formula is C15H30N2.